The maximum atomic E-state index is 12.2. The summed E-state index contributed by atoms with van der Waals surface area (Å²) in [5, 5.41) is 10.4. The smallest absolute Gasteiger partial charge is 0.269 e. The Morgan fingerprint density at radius 2 is 1.91 bits per heavy atom. The predicted molar refractivity (Wildman–Crippen MR) is 86.5 cm³/mol. The molecule has 0 radical (unpaired) electrons. The Hall–Kier alpha value is -3.08. The van der Waals surface area contributed by atoms with Crippen molar-refractivity contribution in [2.24, 2.45) is 0 Å². The molecule has 1 aromatic carbocycles. The summed E-state index contributed by atoms with van der Waals surface area (Å²) in [5.41, 5.74) is 1.31. The van der Waals surface area contributed by atoms with E-state index in [-0.39, 0.29) is 11.3 Å². The van der Waals surface area contributed by atoms with E-state index in [1.54, 1.807) is 31.5 Å². The maximum absolute atomic E-state index is 12.2. The Morgan fingerprint density at radius 3 is 2.57 bits per heavy atom. The first-order valence-corrected chi connectivity index (χ1v) is 7.09. The van der Waals surface area contributed by atoms with Gasteiger partial charge in [-0.25, -0.2) is 0 Å². The lowest BCUT2D eigenvalue weighted by molar-refractivity contribution is 0.111. The Bertz CT molecular complexity index is 926. The van der Waals surface area contributed by atoms with Gasteiger partial charge in [0.2, 0.25) is 0 Å². The summed E-state index contributed by atoms with van der Waals surface area (Å²) in [5.74, 6) is 0.479. The topological polar surface area (TPSA) is 68.0 Å². The second-order valence-corrected chi connectivity index (χ2v) is 5.14. The van der Waals surface area contributed by atoms with Gasteiger partial charge in [-0.05, 0) is 29.8 Å². The summed E-state index contributed by atoms with van der Waals surface area (Å²) in [7, 11) is 1.59. The highest BCUT2D eigenvalue weighted by atomic mass is 16.5. The van der Waals surface area contributed by atoms with E-state index in [0.29, 0.717) is 23.8 Å². The van der Waals surface area contributed by atoms with Gasteiger partial charge in [-0.1, -0.05) is 18.2 Å². The van der Waals surface area contributed by atoms with Gasteiger partial charge in [0.05, 0.1) is 12.6 Å². The monoisotopic (exact) mass is 309 g/mol. The van der Waals surface area contributed by atoms with Gasteiger partial charge in [-0.2, -0.15) is 0 Å². The molecule has 3 rings (SSSR count). The molecule has 0 unspecified atom stereocenters. The number of fused-ring (bicyclic) bond motifs is 1. The van der Waals surface area contributed by atoms with Crippen molar-refractivity contribution in [2.75, 3.05) is 7.11 Å². The highest BCUT2D eigenvalue weighted by Gasteiger charge is 2.17. The molecule has 0 spiro atoms. The zero-order chi connectivity index (χ0) is 16.4. The van der Waals surface area contributed by atoms with Crippen LogP contribution in [0.15, 0.2) is 53.5 Å². The van der Waals surface area contributed by atoms with Crippen molar-refractivity contribution in [1.29, 1.82) is 0 Å². The average molecular weight is 309 g/mol. The fourth-order valence-electron chi connectivity index (χ4n) is 2.61. The number of carbonyl (C=O) groups excluding carboxylic acids is 1. The van der Waals surface area contributed by atoms with Gasteiger partial charge in [-0.15, -0.1) is 0 Å². The molecule has 0 fully saturated rings. The average Bonchev–Trinajstić information content (AvgIpc) is 2.59. The van der Waals surface area contributed by atoms with Gasteiger partial charge < -0.3 is 9.84 Å². The minimum atomic E-state index is -0.522. The van der Waals surface area contributed by atoms with Crippen LogP contribution in [0.3, 0.4) is 0 Å². The van der Waals surface area contributed by atoms with Crippen LogP contribution in [0.1, 0.15) is 21.5 Å². The van der Waals surface area contributed by atoms with Crippen molar-refractivity contribution >= 4 is 11.8 Å². The van der Waals surface area contributed by atoms with Crippen molar-refractivity contribution in [3.8, 4) is 11.5 Å². The first kappa shape index (κ1) is 14.8. The highest BCUT2D eigenvalue weighted by molar-refractivity contribution is 5.82. The first-order chi connectivity index (χ1) is 11.2. The number of ether oxygens (including phenoxy) is 1. The van der Waals surface area contributed by atoms with E-state index in [9.17, 15) is 14.7 Å². The molecule has 0 atom stereocenters. The summed E-state index contributed by atoms with van der Waals surface area (Å²) in [6.07, 6.45) is 2.38. The minimum absolute atomic E-state index is 0.225. The molecular weight excluding hydrogens is 294 g/mol. The Labute approximate surface area is 132 Å². The molecule has 0 bridgehead atoms. The van der Waals surface area contributed by atoms with Gasteiger partial charge in [0.1, 0.15) is 17.1 Å². The molecule has 3 aromatic rings. The third-order valence-electron chi connectivity index (χ3n) is 3.82. The summed E-state index contributed by atoms with van der Waals surface area (Å²) in [6, 6.07) is 12.6. The van der Waals surface area contributed by atoms with Gasteiger partial charge in [-0.3, -0.25) is 14.0 Å². The van der Waals surface area contributed by atoms with E-state index in [1.165, 1.54) is 4.40 Å². The molecule has 0 aliphatic rings. The quantitative estimate of drug-likeness (QED) is 0.752. The molecule has 0 amide bonds. The van der Waals surface area contributed by atoms with Gasteiger partial charge >= 0.3 is 0 Å². The second kappa shape index (κ2) is 5.96. The molecule has 2 aromatic heterocycles. The molecule has 2 heterocycles. The number of rotatable bonds is 4. The lowest BCUT2D eigenvalue weighted by atomic mass is 10.0. The second-order valence-electron chi connectivity index (χ2n) is 5.14. The number of nitrogens with zero attached hydrogens (tertiary/aromatic N) is 1. The van der Waals surface area contributed by atoms with Crippen LogP contribution in [0.5, 0.6) is 11.5 Å². The molecule has 1 N–H and O–H groups in total. The van der Waals surface area contributed by atoms with Crippen molar-refractivity contribution in [3.63, 3.8) is 0 Å². The molecule has 0 aliphatic carbocycles. The highest BCUT2D eigenvalue weighted by Crippen LogP contribution is 2.26. The predicted octanol–water partition coefficient (Wildman–Crippen LogP) is 2.42. The Balaban J connectivity index is 2.19. The minimum Gasteiger partial charge on any atom is -0.507 e. The number of carbonyl (C=O) groups is 1. The SMILES string of the molecule is COc1ccc(Cc2c(O)c(C=O)c(=O)n3ccccc23)cc1. The normalized spacial score (nSPS) is 10.7. The molecule has 5 nitrogen and oxygen atoms in total. The molecule has 5 heteroatoms. The number of aromatic hydroxyl groups is 1. The molecular formula is C18H15NO4. The van der Waals surface area contributed by atoms with Crippen LogP contribution in [0.4, 0.5) is 0 Å². The maximum Gasteiger partial charge on any atom is 0.269 e. The standard InChI is InChI=1S/C18H15NO4/c1-23-13-7-5-12(6-8-13)10-14-16-4-2-3-9-19(16)18(22)15(11-20)17(14)21/h2-9,11,21H,10H2,1H3. The molecule has 23 heavy (non-hydrogen) atoms. The van der Waals surface area contributed by atoms with Crippen LogP contribution in [-0.2, 0) is 6.42 Å². The Kier molecular flexibility index (Phi) is 3.85. The van der Waals surface area contributed by atoms with Crippen LogP contribution in [0, 0.1) is 0 Å². The van der Waals surface area contributed by atoms with Crippen LogP contribution in [-0.4, -0.2) is 22.9 Å². The zero-order valence-electron chi connectivity index (χ0n) is 12.5. The van der Waals surface area contributed by atoms with Crippen molar-refractivity contribution in [1.82, 2.24) is 4.40 Å². The van der Waals surface area contributed by atoms with E-state index >= 15 is 0 Å². The van der Waals surface area contributed by atoms with Crippen LogP contribution in [0.25, 0.3) is 5.52 Å². The van der Waals surface area contributed by atoms with E-state index in [0.717, 1.165) is 11.3 Å². The Morgan fingerprint density at radius 1 is 1.17 bits per heavy atom. The van der Waals surface area contributed by atoms with Crippen LogP contribution >= 0.6 is 0 Å². The van der Waals surface area contributed by atoms with E-state index in [1.807, 2.05) is 24.3 Å². The molecule has 116 valence electrons. The third-order valence-corrected chi connectivity index (χ3v) is 3.82. The van der Waals surface area contributed by atoms with E-state index in [2.05, 4.69) is 0 Å². The number of aromatic nitrogens is 1. The van der Waals surface area contributed by atoms with Crippen molar-refractivity contribution in [2.45, 2.75) is 6.42 Å². The number of hydrogen-bond donors (Lipinski definition) is 1. The summed E-state index contributed by atoms with van der Waals surface area (Å²) in [4.78, 5) is 23.4. The fourth-order valence-corrected chi connectivity index (χ4v) is 2.61. The zero-order valence-corrected chi connectivity index (χ0v) is 12.5. The first-order valence-electron chi connectivity index (χ1n) is 7.09. The van der Waals surface area contributed by atoms with E-state index < -0.39 is 5.56 Å². The summed E-state index contributed by atoms with van der Waals surface area (Å²) in [6.45, 7) is 0. The van der Waals surface area contributed by atoms with Gasteiger partial charge in [0, 0.05) is 18.2 Å². The summed E-state index contributed by atoms with van der Waals surface area (Å²) < 4.78 is 6.50. The van der Waals surface area contributed by atoms with Crippen molar-refractivity contribution < 1.29 is 14.6 Å². The number of pyridine rings is 2. The lowest BCUT2D eigenvalue weighted by Crippen LogP contribution is -2.19. The molecule has 0 aliphatic heterocycles. The molecule has 0 saturated heterocycles. The molecule has 0 saturated carbocycles. The van der Waals surface area contributed by atoms with Gasteiger partial charge in [0.15, 0.2) is 6.29 Å². The third kappa shape index (κ3) is 2.57. The summed E-state index contributed by atoms with van der Waals surface area (Å²) >= 11 is 0. The number of methoxy groups -OCH3 is 1. The number of aldehydes is 1. The fraction of sp³-hybridized carbons (Fsp3) is 0.111. The van der Waals surface area contributed by atoms with Crippen molar-refractivity contribution in [3.05, 3.63) is 75.7 Å². The van der Waals surface area contributed by atoms with E-state index in [4.69, 9.17) is 4.74 Å². The van der Waals surface area contributed by atoms with Gasteiger partial charge in [0.25, 0.3) is 5.56 Å². The lowest BCUT2D eigenvalue weighted by Gasteiger charge is -2.12. The largest absolute Gasteiger partial charge is 0.507 e. The van der Waals surface area contributed by atoms with Crippen LogP contribution < -0.4 is 10.3 Å². The van der Waals surface area contributed by atoms with Crippen LogP contribution in [0.2, 0.25) is 0 Å². The number of hydrogen-bond acceptors (Lipinski definition) is 4. The number of benzene rings is 1.